The molecule has 1 heterocycles. The minimum Gasteiger partial charge on any atom is -0.445 e. The van der Waals surface area contributed by atoms with E-state index >= 15 is 0 Å². The number of carbonyl (C=O) groups is 1. The summed E-state index contributed by atoms with van der Waals surface area (Å²) in [4.78, 5) is 14.4. The highest BCUT2D eigenvalue weighted by atomic mass is 16.6. The summed E-state index contributed by atoms with van der Waals surface area (Å²) >= 11 is 0. The number of amides is 1. The first-order valence-corrected chi connectivity index (χ1v) is 8.77. The van der Waals surface area contributed by atoms with Gasteiger partial charge in [-0.2, -0.15) is 0 Å². The van der Waals surface area contributed by atoms with Gasteiger partial charge in [-0.3, -0.25) is 0 Å². The summed E-state index contributed by atoms with van der Waals surface area (Å²) < 4.78 is 5.51. The number of hydrogen-bond donors (Lipinski definition) is 1. The second kappa shape index (κ2) is 6.91. The monoisotopic (exact) mass is 317 g/mol. The highest BCUT2D eigenvalue weighted by molar-refractivity contribution is 5.68. The molecule has 0 radical (unpaired) electrons. The van der Waals surface area contributed by atoms with Crippen LogP contribution in [-0.2, 0) is 11.3 Å². The summed E-state index contributed by atoms with van der Waals surface area (Å²) in [7, 11) is 0. The van der Waals surface area contributed by atoms with Crippen LogP contribution in [0.5, 0.6) is 0 Å². The molecule has 3 rings (SSSR count). The first-order valence-electron chi connectivity index (χ1n) is 8.77. The lowest BCUT2D eigenvalue weighted by Crippen LogP contribution is -2.50. The largest absolute Gasteiger partial charge is 0.445 e. The topological polar surface area (TPSA) is 49.8 Å². The molecule has 1 saturated heterocycles. The molecular formula is C19H27NO3. The number of likely N-dealkylation sites (tertiary alicyclic amines) is 1. The van der Waals surface area contributed by atoms with Gasteiger partial charge in [0.15, 0.2) is 0 Å². The van der Waals surface area contributed by atoms with E-state index in [4.69, 9.17) is 4.74 Å². The SMILES string of the molecule is CC1(O)CCCCC1C1CCCN1C(=O)OCc1ccccc1. The number of nitrogens with zero attached hydrogens (tertiary/aromatic N) is 1. The van der Waals surface area contributed by atoms with Crippen molar-refractivity contribution in [2.75, 3.05) is 6.54 Å². The maximum atomic E-state index is 12.5. The average Bonchev–Trinajstić information content (AvgIpc) is 3.02. The van der Waals surface area contributed by atoms with Gasteiger partial charge in [0.2, 0.25) is 0 Å². The molecule has 1 aromatic carbocycles. The van der Waals surface area contributed by atoms with E-state index in [1.165, 1.54) is 0 Å². The quantitative estimate of drug-likeness (QED) is 0.924. The van der Waals surface area contributed by atoms with E-state index in [1.807, 2.05) is 42.2 Å². The van der Waals surface area contributed by atoms with Gasteiger partial charge in [-0.05, 0) is 38.2 Å². The van der Waals surface area contributed by atoms with Crippen molar-refractivity contribution in [1.29, 1.82) is 0 Å². The molecule has 4 heteroatoms. The van der Waals surface area contributed by atoms with Crippen molar-refractivity contribution in [1.82, 2.24) is 4.90 Å². The zero-order valence-corrected chi connectivity index (χ0v) is 13.9. The highest BCUT2D eigenvalue weighted by Crippen LogP contribution is 2.40. The van der Waals surface area contributed by atoms with Crippen molar-refractivity contribution < 1.29 is 14.6 Å². The molecule has 2 aliphatic rings. The van der Waals surface area contributed by atoms with Gasteiger partial charge in [-0.15, -0.1) is 0 Å². The number of benzene rings is 1. The van der Waals surface area contributed by atoms with E-state index in [1.54, 1.807) is 0 Å². The Morgan fingerprint density at radius 3 is 2.78 bits per heavy atom. The smallest absolute Gasteiger partial charge is 0.410 e. The summed E-state index contributed by atoms with van der Waals surface area (Å²) in [5.74, 6) is 0.169. The summed E-state index contributed by atoms with van der Waals surface area (Å²) in [6, 6.07) is 9.88. The molecule has 4 nitrogen and oxygen atoms in total. The first kappa shape index (κ1) is 16.3. The van der Waals surface area contributed by atoms with Crippen molar-refractivity contribution in [2.45, 2.75) is 63.7 Å². The van der Waals surface area contributed by atoms with E-state index in [0.29, 0.717) is 6.61 Å². The van der Waals surface area contributed by atoms with Gasteiger partial charge in [-0.25, -0.2) is 4.79 Å². The van der Waals surface area contributed by atoms with Crippen LogP contribution < -0.4 is 0 Å². The number of rotatable bonds is 3. The van der Waals surface area contributed by atoms with Crippen LogP contribution in [0, 0.1) is 5.92 Å². The van der Waals surface area contributed by atoms with Crippen molar-refractivity contribution in [3.8, 4) is 0 Å². The summed E-state index contributed by atoms with van der Waals surface area (Å²) in [5.41, 5.74) is 0.340. The Kier molecular flexibility index (Phi) is 4.90. The lowest BCUT2D eigenvalue weighted by Gasteiger charge is -2.43. The predicted molar refractivity (Wildman–Crippen MR) is 88.9 cm³/mol. The maximum Gasteiger partial charge on any atom is 0.410 e. The lowest BCUT2D eigenvalue weighted by atomic mass is 9.72. The maximum absolute atomic E-state index is 12.5. The van der Waals surface area contributed by atoms with E-state index in [2.05, 4.69) is 0 Å². The van der Waals surface area contributed by atoms with E-state index in [0.717, 1.165) is 50.6 Å². The van der Waals surface area contributed by atoms with Gasteiger partial charge >= 0.3 is 6.09 Å². The Morgan fingerprint density at radius 2 is 2.04 bits per heavy atom. The Morgan fingerprint density at radius 1 is 1.26 bits per heavy atom. The van der Waals surface area contributed by atoms with Crippen LogP contribution in [0.15, 0.2) is 30.3 Å². The minimum absolute atomic E-state index is 0.119. The lowest BCUT2D eigenvalue weighted by molar-refractivity contribution is -0.0601. The van der Waals surface area contributed by atoms with Crippen LogP contribution >= 0.6 is 0 Å². The van der Waals surface area contributed by atoms with Crippen molar-refractivity contribution in [2.24, 2.45) is 5.92 Å². The van der Waals surface area contributed by atoms with Gasteiger partial charge < -0.3 is 14.7 Å². The molecule has 0 aromatic heterocycles. The molecule has 1 aliphatic heterocycles. The van der Waals surface area contributed by atoms with Gasteiger partial charge in [0.05, 0.1) is 5.60 Å². The molecule has 3 unspecified atom stereocenters. The van der Waals surface area contributed by atoms with Gasteiger partial charge in [0, 0.05) is 18.5 Å². The third-order valence-electron chi connectivity index (χ3n) is 5.45. The predicted octanol–water partition coefficient (Wildman–Crippen LogP) is 3.73. The number of hydrogen-bond acceptors (Lipinski definition) is 3. The van der Waals surface area contributed by atoms with E-state index < -0.39 is 5.60 Å². The molecular weight excluding hydrogens is 290 g/mol. The molecule has 126 valence electrons. The third-order valence-corrected chi connectivity index (χ3v) is 5.45. The number of carbonyl (C=O) groups excluding carboxylic acids is 1. The minimum atomic E-state index is -0.661. The van der Waals surface area contributed by atoms with Crippen LogP contribution in [-0.4, -0.2) is 34.3 Å². The Bertz CT molecular complexity index is 529. The molecule has 1 aliphatic carbocycles. The molecule has 1 N–H and O–H groups in total. The zero-order valence-electron chi connectivity index (χ0n) is 13.9. The summed E-state index contributed by atoms with van der Waals surface area (Å²) in [6.45, 7) is 2.98. The molecule has 3 atom stereocenters. The van der Waals surface area contributed by atoms with Gasteiger partial charge in [0.1, 0.15) is 6.61 Å². The Labute approximate surface area is 138 Å². The van der Waals surface area contributed by atoms with E-state index in [9.17, 15) is 9.90 Å². The van der Waals surface area contributed by atoms with Crippen LogP contribution in [0.25, 0.3) is 0 Å². The van der Waals surface area contributed by atoms with E-state index in [-0.39, 0.29) is 18.1 Å². The molecule has 0 spiro atoms. The number of aliphatic hydroxyl groups is 1. The van der Waals surface area contributed by atoms with Crippen molar-refractivity contribution >= 4 is 6.09 Å². The van der Waals surface area contributed by atoms with Gasteiger partial charge in [-0.1, -0.05) is 43.2 Å². The van der Waals surface area contributed by atoms with Crippen LogP contribution in [0.3, 0.4) is 0 Å². The highest BCUT2D eigenvalue weighted by Gasteiger charge is 2.45. The first-order chi connectivity index (χ1) is 11.1. The Hall–Kier alpha value is -1.55. The molecule has 1 saturated carbocycles. The molecule has 1 aromatic rings. The van der Waals surface area contributed by atoms with Gasteiger partial charge in [0.25, 0.3) is 0 Å². The fourth-order valence-electron chi connectivity index (χ4n) is 4.19. The average molecular weight is 317 g/mol. The number of ether oxygens (including phenoxy) is 1. The summed E-state index contributed by atoms with van der Waals surface area (Å²) in [6.07, 6.45) is 5.79. The van der Waals surface area contributed by atoms with Crippen LogP contribution in [0.1, 0.15) is 51.0 Å². The second-order valence-corrected chi connectivity index (χ2v) is 7.15. The van der Waals surface area contributed by atoms with Crippen LogP contribution in [0.4, 0.5) is 4.79 Å². The van der Waals surface area contributed by atoms with Crippen molar-refractivity contribution in [3.05, 3.63) is 35.9 Å². The zero-order chi connectivity index (χ0) is 16.3. The molecule has 0 bridgehead atoms. The molecule has 23 heavy (non-hydrogen) atoms. The summed E-state index contributed by atoms with van der Waals surface area (Å²) in [5, 5.41) is 10.7. The van der Waals surface area contributed by atoms with Crippen LogP contribution in [0.2, 0.25) is 0 Å². The Balaban J connectivity index is 1.63. The van der Waals surface area contributed by atoms with Crippen molar-refractivity contribution in [3.63, 3.8) is 0 Å². The standard InChI is InChI=1S/C19H27NO3/c1-19(22)12-6-5-10-16(19)17-11-7-13-20(17)18(21)23-14-15-8-3-2-4-9-15/h2-4,8-9,16-17,22H,5-7,10-14H2,1H3. The third kappa shape index (κ3) is 3.69. The second-order valence-electron chi connectivity index (χ2n) is 7.15. The normalized spacial score (nSPS) is 31.1. The fourth-order valence-corrected chi connectivity index (χ4v) is 4.19. The molecule has 2 fully saturated rings. The fraction of sp³-hybridized carbons (Fsp3) is 0.632. The molecule has 1 amide bonds.